The fraction of sp³-hybridized carbons (Fsp3) is 0.571. The molecular formula is C14H21N3S2. The largest absolute Gasteiger partial charge is 0.359 e. The van der Waals surface area contributed by atoms with Gasteiger partial charge in [-0.25, -0.2) is 9.97 Å². The Balaban J connectivity index is 2.16. The van der Waals surface area contributed by atoms with Gasteiger partial charge in [0, 0.05) is 23.5 Å². The normalized spacial score (nSPS) is 11.5. The monoisotopic (exact) mass is 295 g/mol. The summed E-state index contributed by atoms with van der Waals surface area (Å²) in [4.78, 5) is 10.4. The molecule has 104 valence electrons. The van der Waals surface area contributed by atoms with Gasteiger partial charge in [-0.2, -0.15) is 0 Å². The molecular weight excluding hydrogens is 274 g/mol. The first-order valence-electron chi connectivity index (χ1n) is 6.82. The van der Waals surface area contributed by atoms with Gasteiger partial charge in [0.1, 0.15) is 0 Å². The summed E-state index contributed by atoms with van der Waals surface area (Å²) in [5.74, 6) is 0.589. The highest BCUT2D eigenvalue weighted by atomic mass is 32.1. The van der Waals surface area contributed by atoms with E-state index in [2.05, 4.69) is 48.4 Å². The zero-order chi connectivity index (χ0) is 13.8. The first-order chi connectivity index (χ1) is 9.13. The summed E-state index contributed by atoms with van der Waals surface area (Å²) in [7, 11) is 0. The van der Waals surface area contributed by atoms with Crippen molar-refractivity contribution in [3.63, 3.8) is 0 Å². The summed E-state index contributed by atoms with van der Waals surface area (Å²) < 4.78 is 0. The molecule has 0 aromatic carbocycles. The maximum absolute atomic E-state index is 4.62. The van der Waals surface area contributed by atoms with Crippen molar-refractivity contribution in [3.05, 3.63) is 16.6 Å². The lowest BCUT2D eigenvalue weighted by molar-refractivity contribution is 0.637. The SMILES string of the molecule is CCC(CC)c1ncc(-c2csc(NC(C)C)n2)s1. The average Bonchev–Trinajstić information content (AvgIpc) is 2.99. The third kappa shape index (κ3) is 3.54. The van der Waals surface area contributed by atoms with Crippen LogP contribution in [0.3, 0.4) is 0 Å². The van der Waals surface area contributed by atoms with E-state index < -0.39 is 0 Å². The summed E-state index contributed by atoms with van der Waals surface area (Å²) in [5, 5.41) is 7.67. The Kier molecular flexibility index (Phi) is 4.93. The zero-order valence-electron chi connectivity index (χ0n) is 11.9. The fourth-order valence-corrected chi connectivity index (χ4v) is 4.01. The lowest BCUT2D eigenvalue weighted by Gasteiger charge is -2.06. The second-order valence-corrected chi connectivity index (χ2v) is 6.83. The van der Waals surface area contributed by atoms with Gasteiger partial charge in [0.15, 0.2) is 5.13 Å². The molecule has 0 amide bonds. The molecule has 0 aliphatic heterocycles. The van der Waals surface area contributed by atoms with Crippen molar-refractivity contribution in [1.82, 2.24) is 9.97 Å². The van der Waals surface area contributed by atoms with E-state index in [0.717, 1.165) is 23.7 Å². The Bertz CT molecular complexity index is 512. The molecule has 0 atom stereocenters. The third-order valence-corrected chi connectivity index (χ3v) is 4.98. The summed E-state index contributed by atoms with van der Waals surface area (Å²) in [6.07, 6.45) is 4.27. The number of nitrogens with zero attached hydrogens (tertiary/aromatic N) is 2. The molecule has 0 fully saturated rings. The van der Waals surface area contributed by atoms with E-state index >= 15 is 0 Å². The van der Waals surface area contributed by atoms with Crippen molar-refractivity contribution in [2.24, 2.45) is 0 Å². The highest BCUT2D eigenvalue weighted by Crippen LogP contribution is 2.34. The van der Waals surface area contributed by atoms with Crippen LogP contribution in [-0.4, -0.2) is 16.0 Å². The zero-order valence-corrected chi connectivity index (χ0v) is 13.6. The highest BCUT2D eigenvalue weighted by molar-refractivity contribution is 7.16. The average molecular weight is 295 g/mol. The van der Waals surface area contributed by atoms with Crippen molar-refractivity contribution in [1.29, 1.82) is 0 Å². The summed E-state index contributed by atoms with van der Waals surface area (Å²) in [6.45, 7) is 8.70. The van der Waals surface area contributed by atoms with Gasteiger partial charge in [0.05, 0.1) is 15.6 Å². The van der Waals surface area contributed by atoms with Crippen LogP contribution in [0, 0.1) is 0 Å². The summed E-state index contributed by atoms with van der Waals surface area (Å²) in [6, 6.07) is 0.417. The molecule has 2 rings (SSSR count). The van der Waals surface area contributed by atoms with Gasteiger partial charge in [-0.05, 0) is 26.7 Å². The molecule has 2 aromatic heterocycles. The number of hydrogen-bond donors (Lipinski definition) is 1. The van der Waals surface area contributed by atoms with Gasteiger partial charge in [0.2, 0.25) is 0 Å². The summed E-state index contributed by atoms with van der Waals surface area (Å²) in [5.41, 5.74) is 1.04. The minimum absolute atomic E-state index is 0.417. The Morgan fingerprint density at radius 3 is 2.63 bits per heavy atom. The predicted molar refractivity (Wildman–Crippen MR) is 85.3 cm³/mol. The molecule has 2 aromatic rings. The van der Waals surface area contributed by atoms with Crippen LogP contribution in [0.15, 0.2) is 11.6 Å². The lowest BCUT2D eigenvalue weighted by atomic mass is 10.1. The maximum atomic E-state index is 4.62. The molecule has 2 heterocycles. The molecule has 0 bridgehead atoms. The van der Waals surface area contributed by atoms with Crippen LogP contribution >= 0.6 is 22.7 Å². The predicted octanol–water partition coefficient (Wildman–Crippen LogP) is 4.99. The second-order valence-electron chi connectivity index (χ2n) is 4.91. The minimum atomic E-state index is 0.417. The molecule has 19 heavy (non-hydrogen) atoms. The van der Waals surface area contributed by atoms with Crippen molar-refractivity contribution in [2.75, 3.05) is 5.32 Å². The van der Waals surface area contributed by atoms with Gasteiger partial charge in [-0.1, -0.05) is 13.8 Å². The maximum Gasteiger partial charge on any atom is 0.183 e. The second kappa shape index (κ2) is 6.48. The van der Waals surface area contributed by atoms with Crippen LogP contribution in [0.2, 0.25) is 0 Å². The Labute approximate surface area is 123 Å². The molecule has 1 N–H and O–H groups in total. The van der Waals surface area contributed by atoms with Crippen LogP contribution in [0.4, 0.5) is 5.13 Å². The van der Waals surface area contributed by atoms with E-state index in [1.165, 1.54) is 9.88 Å². The quantitative estimate of drug-likeness (QED) is 0.815. The summed E-state index contributed by atoms with van der Waals surface area (Å²) >= 11 is 3.44. The molecule has 5 heteroatoms. The van der Waals surface area contributed by atoms with Crippen molar-refractivity contribution >= 4 is 27.8 Å². The Morgan fingerprint density at radius 2 is 2.00 bits per heavy atom. The fourth-order valence-electron chi connectivity index (χ4n) is 1.93. The van der Waals surface area contributed by atoms with E-state index in [4.69, 9.17) is 0 Å². The molecule has 0 saturated heterocycles. The molecule has 0 radical (unpaired) electrons. The number of thiazole rings is 2. The van der Waals surface area contributed by atoms with Gasteiger partial charge in [-0.15, -0.1) is 22.7 Å². The van der Waals surface area contributed by atoms with Crippen LogP contribution in [0.5, 0.6) is 0 Å². The van der Waals surface area contributed by atoms with E-state index in [-0.39, 0.29) is 0 Å². The highest BCUT2D eigenvalue weighted by Gasteiger charge is 2.14. The number of aromatic nitrogens is 2. The lowest BCUT2D eigenvalue weighted by Crippen LogP contribution is -2.08. The van der Waals surface area contributed by atoms with Crippen molar-refractivity contribution in [2.45, 2.75) is 52.5 Å². The topological polar surface area (TPSA) is 37.8 Å². The number of nitrogens with one attached hydrogen (secondary N) is 1. The van der Waals surface area contributed by atoms with Gasteiger partial charge in [-0.3, -0.25) is 0 Å². The third-order valence-electron chi connectivity index (χ3n) is 3.03. The van der Waals surface area contributed by atoms with E-state index in [0.29, 0.717) is 12.0 Å². The van der Waals surface area contributed by atoms with Gasteiger partial charge in [0.25, 0.3) is 0 Å². The molecule has 0 spiro atoms. The number of anilines is 1. The van der Waals surface area contributed by atoms with E-state index in [1.807, 2.05) is 6.20 Å². The molecule has 3 nitrogen and oxygen atoms in total. The van der Waals surface area contributed by atoms with Crippen molar-refractivity contribution in [3.8, 4) is 10.6 Å². The number of hydrogen-bond acceptors (Lipinski definition) is 5. The molecule has 0 unspecified atom stereocenters. The van der Waals surface area contributed by atoms with E-state index in [1.54, 1.807) is 22.7 Å². The van der Waals surface area contributed by atoms with Crippen LogP contribution in [0.1, 0.15) is 51.5 Å². The molecule has 0 aliphatic rings. The molecule has 0 saturated carbocycles. The Hall–Kier alpha value is -0.940. The first kappa shape index (κ1) is 14.5. The smallest absolute Gasteiger partial charge is 0.183 e. The Morgan fingerprint density at radius 1 is 1.26 bits per heavy atom. The molecule has 0 aliphatic carbocycles. The minimum Gasteiger partial charge on any atom is -0.359 e. The van der Waals surface area contributed by atoms with Gasteiger partial charge >= 0.3 is 0 Å². The first-order valence-corrected chi connectivity index (χ1v) is 8.51. The van der Waals surface area contributed by atoms with Crippen LogP contribution in [-0.2, 0) is 0 Å². The van der Waals surface area contributed by atoms with Crippen LogP contribution < -0.4 is 5.32 Å². The van der Waals surface area contributed by atoms with Gasteiger partial charge < -0.3 is 5.32 Å². The number of rotatable bonds is 6. The van der Waals surface area contributed by atoms with Crippen molar-refractivity contribution < 1.29 is 0 Å². The van der Waals surface area contributed by atoms with Crippen LogP contribution in [0.25, 0.3) is 10.6 Å². The van der Waals surface area contributed by atoms with E-state index in [9.17, 15) is 0 Å². The standard InChI is InChI=1S/C14H21N3S2/c1-5-10(6-2)13-15-7-12(19-13)11-8-18-14(17-11)16-9(3)4/h7-10H,5-6H2,1-4H3,(H,16,17).